The van der Waals surface area contributed by atoms with Crippen LogP contribution in [0.1, 0.15) is 29.8 Å². The molecule has 0 aliphatic heterocycles. The molecule has 1 aromatic carbocycles. The standard InChI is InChI=1S/C14H16N6OS/c1-4-12-15-16-13(21-12)8-22-14-17-18-19-20(14)11-6-5-9(2)10(3)7-11/h5-7H,4,8H2,1-3H3. The molecule has 0 aliphatic rings. The largest absolute Gasteiger partial charge is 0.424 e. The number of hydrogen-bond acceptors (Lipinski definition) is 7. The quantitative estimate of drug-likeness (QED) is 0.669. The van der Waals surface area contributed by atoms with Gasteiger partial charge in [-0.3, -0.25) is 0 Å². The van der Waals surface area contributed by atoms with Gasteiger partial charge in [-0.05, 0) is 47.5 Å². The molecule has 3 aromatic rings. The van der Waals surface area contributed by atoms with Crippen molar-refractivity contribution in [2.75, 3.05) is 0 Å². The highest BCUT2D eigenvalue weighted by atomic mass is 32.2. The SMILES string of the molecule is CCc1nnc(CSc2nnnn2-c2ccc(C)c(C)c2)o1. The van der Waals surface area contributed by atoms with E-state index in [2.05, 4.69) is 51.7 Å². The summed E-state index contributed by atoms with van der Waals surface area (Å²) in [5, 5.41) is 20.5. The number of rotatable bonds is 5. The molecule has 0 saturated carbocycles. The van der Waals surface area contributed by atoms with Crippen molar-refractivity contribution in [2.24, 2.45) is 0 Å². The highest BCUT2D eigenvalue weighted by molar-refractivity contribution is 7.98. The zero-order valence-electron chi connectivity index (χ0n) is 12.6. The molecule has 0 spiro atoms. The number of aryl methyl sites for hydroxylation is 3. The van der Waals surface area contributed by atoms with Crippen LogP contribution in [0, 0.1) is 13.8 Å². The number of benzene rings is 1. The molecule has 22 heavy (non-hydrogen) atoms. The molecule has 0 atom stereocenters. The van der Waals surface area contributed by atoms with Gasteiger partial charge in [-0.15, -0.1) is 15.3 Å². The molecule has 2 aromatic heterocycles. The molecule has 8 heteroatoms. The van der Waals surface area contributed by atoms with Crippen LogP contribution in [0.25, 0.3) is 5.69 Å². The third kappa shape index (κ3) is 3.01. The second-order valence-corrected chi connectivity index (χ2v) is 5.82. The first kappa shape index (κ1) is 14.7. The minimum absolute atomic E-state index is 0.540. The smallest absolute Gasteiger partial charge is 0.226 e. The fraction of sp³-hybridized carbons (Fsp3) is 0.357. The van der Waals surface area contributed by atoms with Gasteiger partial charge in [0.2, 0.25) is 16.9 Å². The van der Waals surface area contributed by atoms with Gasteiger partial charge in [0.15, 0.2) is 0 Å². The van der Waals surface area contributed by atoms with Gasteiger partial charge >= 0.3 is 0 Å². The van der Waals surface area contributed by atoms with Crippen LogP contribution < -0.4 is 0 Å². The summed E-state index contributed by atoms with van der Waals surface area (Å²) in [4.78, 5) is 0. The van der Waals surface area contributed by atoms with Crippen LogP contribution in [-0.2, 0) is 12.2 Å². The molecule has 0 aliphatic carbocycles. The number of thioether (sulfide) groups is 1. The Bertz CT molecular complexity index is 781. The Kier molecular flexibility index (Phi) is 4.19. The first-order valence-corrected chi connectivity index (χ1v) is 7.96. The lowest BCUT2D eigenvalue weighted by atomic mass is 10.1. The summed E-state index contributed by atoms with van der Waals surface area (Å²) in [6.07, 6.45) is 0.734. The first-order valence-electron chi connectivity index (χ1n) is 6.97. The lowest BCUT2D eigenvalue weighted by molar-refractivity contribution is 0.469. The van der Waals surface area contributed by atoms with Crippen molar-refractivity contribution in [2.45, 2.75) is 38.1 Å². The molecule has 0 amide bonds. The predicted molar refractivity (Wildman–Crippen MR) is 81.9 cm³/mol. The van der Waals surface area contributed by atoms with E-state index in [-0.39, 0.29) is 0 Å². The van der Waals surface area contributed by atoms with E-state index in [0.29, 0.717) is 22.7 Å². The molecule has 0 saturated heterocycles. The molecule has 2 heterocycles. The van der Waals surface area contributed by atoms with E-state index in [1.807, 2.05) is 13.0 Å². The summed E-state index contributed by atoms with van der Waals surface area (Å²) in [5.74, 6) is 1.76. The van der Waals surface area contributed by atoms with Crippen LogP contribution in [-0.4, -0.2) is 30.4 Å². The third-order valence-electron chi connectivity index (χ3n) is 3.31. The van der Waals surface area contributed by atoms with Gasteiger partial charge in [-0.1, -0.05) is 24.8 Å². The predicted octanol–water partition coefficient (Wildman–Crippen LogP) is 2.52. The van der Waals surface area contributed by atoms with Crippen LogP contribution in [0.5, 0.6) is 0 Å². The Balaban J connectivity index is 1.78. The van der Waals surface area contributed by atoms with Crippen LogP contribution in [0.2, 0.25) is 0 Å². The number of hydrogen-bond donors (Lipinski definition) is 0. The second kappa shape index (κ2) is 6.27. The van der Waals surface area contributed by atoms with Gasteiger partial charge in [0, 0.05) is 6.42 Å². The number of tetrazole rings is 1. The van der Waals surface area contributed by atoms with E-state index < -0.39 is 0 Å². The van der Waals surface area contributed by atoms with Crippen molar-refractivity contribution in [1.82, 2.24) is 30.4 Å². The molecule has 0 radical (unpaired) electrons. The van der Waals surface area contributed by atoms with Crippen molar-refractivity contribution >= 4 is 11.8 Å². The van der Waals surface area contributed by atoms with Gasteiger partial charge in [0.1, 0.15) is 0 Å². The van der Waals surface area contributed by atoms with Crippen molar-refractivity contribution in [3.63, 3.8) is 0 Å². The Morgan fingerprint density at radius 2 is 1.91 bits per heavy atom. The van der Waals surface area contributed by atoms with E-state index in [4.69, 9.17) is 4.42 Å². The average Bonchev–Trinajstić information content (AvgIpc) is 3.16. The molecule has 114 valence electrons. The summed E-state index contributed by atoms with van der Waals surface area (Å²) in [7, 11) is 0. The molecule has 0 unspecified atom stereocenters. The van der Waals surface area contributed by atoms with Crippen molar-refractivity contribution in [3.05, 3.63) is 41.1 Å². The van der Waals surface area contributed by atoms with E-state index in [9.17, 15) is 0 Å². The molecule has 0 bridgehead atoms. The summed E-state index contributed by atoms with van der Waals surface area (Å²) < 4.78 is 7.21. The average molecular weight is 316 g/mol. The maximum absolute atomic E-state index is 5.49. The monoisotopic (exact) mass is 316 g/mol. The summed E-state index contributed by atoms with van der Waals surface area (Å²) in [6.45, 7) is 6.13. The van der Waals surface area contributed by atoms with E-state index in [1.165, 1.54) is 22.9 Å². The molecule has 0 fully saturated rings. The number of aromatic nitrogens is 6. The van der Waals surface area contributed by atoms with Crippen molar-refractivity contribution in [1.29, 1.82) is 0 Å². The second-order valence-electron chi connectivity index (χ2n) is 4.87. The van der Waals surface area contributed by atoms with E-state index >= 15 is 0 Å². The Morgan fingerprint density at radius 1 is 1.09 bits per heavy atom. The summed E-state index contributed by atoms with van der Waals surface area (Å²) in [6, 6.07) is 6.13. The summed E-state index contributed by atoms with van der Waals surface area (Å²) >= 11 is 1.47. The molecule has 3 rings (SSSR count). The molecule has 7 nitrogen and oxygen atoms in total. The highest BCUT2D eigenvalue weighted by Gasteiger charge is 2.12. The lowest BCUT2D eigenvalue weighted by Gasteiger charge is -2.06. The van der Waals surface area contributed by atoms with Crippen molar-refractivity contribution < 1.29 is 4.42 Å². The Labute approximate surface area is 132 Å². The van der Waals surface area contributed by atoms with E-state index in [0.717, 1.165) is 12.1 Å². The fourth-order valence-electron chi connectivity index (χ4n) is 1.90. The van der Waals surface area contributed by atoms with Crippen LogP contribution in [0.3, 0.4) is 0 Å². The number of nitrogens with zero attached hydrogens (tertiary/aromatic N) is 6. The Hall–Kier alpha value is -2.22. The fourth-order valence-corrected chi connectivity index (χ4v) is 2.63. The third-order valence-corrected chi connectivity index (χ3v) is 4.22. The maximum Gasteiger partial charge on any atom is 0.226 e. The Morgan fingerprint density at radius 3 is 2.64 bits per heavy atom. The topological polar surface area (TPSA) is 82.5 Å². The van der Waals surface area contributed by atoms with Gasteiger partial charge < -0.3 is 4.42 Å². The van der Waals surface area contributed by atoms with Gasteiger partial charge in [0.25, 0.3) is 0 Å². The minimum atomic E-state index is 0.540. The van der Waals surface area contributed by atoms with Gasteiger partial charge in [-0.25, -0.2) is 0 Å². The van der Waals surface area contributed by atoms with Crippen LogP contribution in [0.4, 0.5) is 0 Å². The van der Waals surface area contributed by atoms with Gasteiger partial charge in [0.05, 0.1) is 11.4 Å². The maximum atomic E-state index is 5.49. The normalized spacial score (nSPS) is 11.0. The lowest BCUT2D eigenvalue weighted by Crippen LogP contribution is -2.00. The zero-order valence-corrected chi connectivity index (χ0v) is 13.5. The molecular formula is C14H16N6OS. The highest BCUT2D eigenvalue weighted by Crippen LogP contribution is 2.23. The molecular weight excluding hydrogens is 300 g/mol. The zero-order chi connectivity index (χ0) is 15.5. The van der Waals surface area contributed by atoms with Crippen LogP contribution in [0.15, 0.2) is 27.8 Å². The van der Waals surface area contributed by atoms with E-state index in [1.54, 1.807) is 4.68 Å². The summed E-state index contributed by atoms with van der Waals surface area (Å²) in [5.41, 5.74) is 3.38. The van der Waals surface area contributed by atoms with Gasteiger partial charge in [-0.2, -0.15) is 4.68 Å². The molecule has 0 N–H and O–H groups in total. The minimum Gasteiger partial charge on any atom is -0.424 e. The first-order chi connectivity index (χ1) is 10.7. The van der Waals surface area contributed by atoms with Crippen molar-refractivity contribution in [3.8, 4) is 5.69 Å². The van der Waals surface area contributed by atoms with Crippen LogP contribution >= 0.6 is 11.8 Å².